The fourth-order valence-corrected chi connectivity index (χ4v) is 2.03. The molecule has 0 aromatic heterocycles. The largest absolute Gasteiger partial charge is 0.329 e. The summed E-state index contributed by atoms with van der Waals surface area (Å²) < 4.78 is 13.8. The second-order valence-electron chi connectivity index (χ2n) is 4.61. The molecule has 1 rings (SSSR count). The quantitative estimate of drug-likeness (QED) is 0.825. The Bertz CT molecular complexity index is 352. The summed E-state index contributed by atoms with van der Waals surface area (Å²) >= 11 is 0. The third kappa shape index (κ3) is 3.79. The van der Waals surface area contributed by atoms with Crippen LogP contribution >= 0.6 is 0 Å². The number of hydrogen-bond acceptors (Lipinski definition) is 2. The summed E-state index contributed by atoms with van der Waals surface area (Å²) in [6, 6.07) is 5.19. The lowest BCUT2D eigenvalue weighted by Gasteiger charge is -2.27. The summed E-state index contributed by atoms with van der Waals surface area (Å²) in [6.45, 7) is 5.52. The maximum atomic E-state index is 13.8. The van der Waals surface area contributed by atoms with Crippen LogP contribution in [0.3, 0.4) is 0 Å². The molecule has 0 saturated carbocycles. The normalized spacial score (nSPS) is 13.1. The topological polar surface area (TPSA) is 29.3 Å². The molecule has 17 heavy (non-hydrogen) atoms. The fourth-order valence-electron chi connectivity index (χ4n) is 2.03. The van der Waals surface area contributed by atoms with Crippen molar-refractivity contribution in [3.63, 3.8) is 0 Å². The van der Waals surface area contributed by atoms with Crippen LogP contribution in [0.5, 0.6) is 0 Å². The lowest BCUT2D eigenvalue weighted by molar-refractivity contribution is 0.241. The van der Waals surface area contributed by atoms with Gasteiger partial charge in [0.05, 0.1) is 0 Å². The van der Waals surface area contributed by atoms with E-state index in [0.29, 0.717) is 12.1 Å². The monoisotopic (exact) mass is 238 g/mol. The van der Waals surface area contributed by atoms with E-state index in [1.807, 2.05) is 20.0 Å². The fraction of sp³-hybridized carbons (Fsp3) is 0.571. The van der Waals surface area contributed by atoms with E-state index >= 15 is 0 Å². The first-order valence-electron chi connectivity index (χ1n) is 6.26. The van der Waals surface area contributed by atoms with E-state index in [0.717, 1.165) is 24.9 Å². The van der Waals surface area contributed by atoms with Gasteiger partial charge in [0, 0.05) is 18.2 Å². The predicted octanol–water partition coefficient (Wildman–Crippen LogP) is 2.87. The highest BCUT2D eigenvalue weighted by Gasteiger charge is 2.18. The zero-order chi connectivity index (χ0) is 12.8. The molecule has 0 aliphatic rings. The van der Waals surface area contributed by atoms with Gasteiger partial charge in [-0.05, 0) is 33.0 Å². The molecule has 0 spiro atoms. The van der Waals surface area contributed by atoms with Gasteiger partial charge >= 0.3 is 0 Å². The molecule has 0 fully saturated rings. The molecule has 0 amide bonds. The molecule has 1 aromatic carbocycles. The zero-order valence-electron chi connectivity index (χ0n) is 11.0. The highest BCUT2D eigenvalue weighted by molar-refractivity contribution is 5.27. The second-order valence-corrected chi connectivity index (χ2v) is 4.61. The summed E-state index contributed by atoms with van der Waals surface area (Å²) in [5.74, 6) is -0.158. The SMILES string of the molecule is CCCCN(C)C(CN)c1cc(C)ccc1F. The third-order valence-electron chi connectivity index (χ3n) is 3.13. The molecule has 1 aromatic rings. The van der Waals surface area contributed by atoms with Gasteiger partial charge in [0.25, 0.3) is 0 Å². The van der Waals surface area contributed by atoms with Gasteiger partial charge in [-0.1, -0.05) is 31.0 Å². The van der Waals surface area contributed by atoms with Gasteiger partial charge in [0.2, 0.25) is 0 Å². The van der Waals surface area contributed by atoms with Crippen molar-refractivity contribution in [1.29, 1.82) is 0 Å². The van der Waals surface area contributed by atoms with Crippen molar-refractivity contribution < 1.29 is 4.39 Å². The van der Waals surface area contributed by atoms with Crippen molar-refractivity contribution >= 4 is 0 Å². The number of aryl methyl sites for hydroxylation is 1. The molecule has 0 saturated heterocycles. The first-order chi connectivity index (χ1) is 8.10. The molecule has 0 aliphatic heterocycles. The summed E-state index contributed by atoms with van der Waals surface area (Å²) in [7, 11) is 2.01. The Morgan fingerprint density at radius 3 is 2.71 bits per heavy atom. The third-order valence-corrected chi connectivity index (χ3v) is 3.13. The maximum absolute atomic E-state index is 13.8. The Hall–Kier alpha value is -0.930. The average molecular weight is 238 g/mol. The van der Waals surface area contributed by atoms with Crippen LogP contribution in [0.15, 0.2) is 18.2 Å². The van der Waals surface area contributed by atoms with Crippen LogP contribution in [0.25, 0.3) is 0 Å². The molecule has 2 nitrogen and oxygen atoms in total. The first-order valence-corrected chi connectivity index (χ1v) is 6.26. The van der Waals surface area contributed by atoms with Crippen LogP contribution < -0.4 is 5.73 Å². The van der Waals surface area contributed by atoms with Gasteiger partial charge in [-0.2, -0.15) is 0 Å². The van der Waals surface area contributed by atoms with Gasteiger partial charge in [-0.3, -0.25) is 4.90 Å². The lowest BCUT2D eigenvalue weighted by atomic mass is 10.0. The van der Waals surface area contributed by atoms with Crippen molar-refractivity contribution in [2.75, 3.05) is 20.1 Å². The van der Waals surface area contributed by atoms with E-state index in [4.69, 9.17) is 5.73 Å². The van der Waals surface area contributed by atoms with E-state index in [9.17, 15) is 4.39 Å². The Morgan fingerprint density at radius 1 is 1.41 bits per heavy atom. The Balaban J connectivity index is 2.88. The van der Waals surface area contributed by atoms with Gasteiger partial charge in [0.15, 0.2) is 0 Å². The minimum Gasteiger partial charge on any atom is -0.329 e. The standard InChI is InChI=1S/C14H23FN2/c1-4-5-8-17(3)14(10-16)12-9-11(2)6-7-13(12)15/h6-7,9,14H,4-5,8,10,16H2,1-3H3. The van der Waals surface area contributed by atoms with Crippen molar-refractivity contribution in [1.82, 2.24) is 4.90 Å². The van der Waals surface area contributed by atoms with Gasteiger partial charge in [-0.15, -0.1) is 0 Å². The number of rotatable bonds is 6. The first kappa shape index (κ1) is 14.1. The van der Waals surface area contributed by atoms with Crippen LogP contribution in [0.4, 0.5) is 4.39 Å². The minimum absolute atomic E-state index is 0.0264. The molecule has 1 unspecified atom stereocenters. The van der Waals surface area contributed by atoms with Crippen molar-refractivity contribution in [3.8, 4) is 0 Å². The molecular weight excluding hydrogens is 215 g/mol. The van der Waals surface area contributed by atoms with Gasteiger partial charge < -0.3 is 5.73 Å². The highest BCUT2D eigenvalue weighted by Crippen LogP contribution is 2.22. The number of halogens is 1. The summed E-state index contributed by atoms with van der Waals surface area (Å²) in [5.41, 5.74) is 7.57. The summed E-state index contributed by atoms with van der Waals surface area (Å²) in [6.07, 6.45) is 2.25. The molecule has 0 aliphatic carbocycles. The summed E-state index contributed by atoms with van der Waals surface area (Å²) in [4.78, 5) is 2.14. The van der Waals surface area contributed by atoms with E-state index in [-0.39, 0.29) is 11.9 Å². The Morgan fingerprint density at radius 2 is 2.12 bits per heavy atom. The molecule has 2 N–H and O–H groups in total. The predicted molar refractivity (Wildman–Crippen MR) is 70.5 cm³/mol. The number of nitrogens with zero attached hydrogens (tertiary/aromatic N) is 1. The molecular formula is C14H23FN2. The van der Waals surface area contributed by atoms with E-state index in [1.54, 1.807) is 6.07 Å². The molecule has 0 heterocycles. The number of likely N-dealkylation sites (N-methyl/N-ethyl adjacent to an activating group) is 1. The van der Waals surface area contributed by atoms with Crippen LogP contribution in [0, 0.1) is 12.7 Å². The zero-order valence-corrected chi connectivity index (χ0v) is 11.0. The summed E-state index contributed by atoms with van der Waals surface area (Å²) in [5, 5.41) is 0. The van der Waals surface area contributed by atoms with Gasteiger partial charge in [0.1, 0.15) is 5.82 Å². The van der Waals surface area contributed by atoms with E-state index in [1.165, 1.54) is 6.07 Å². The van der Waals surface area contributed by atoms with Crippen LogP contribution in [0.2, 0.25) is 0 Å². The number of hydrogen-bond donors (Lipinski definition) is 1. The second kappa shape index (κ2) is 6.72. The maximum Gasteiger partial charge on any atom is 0.128 e. The van der Waals surface area contributed by atoms with Crippen molar-refractivity contribution in [3.05, 3.63) is 35.1 Å². The molecule has 0 radical (unpaired) electrons. The Kier molecular flexibility index (Phi) is 5.59. The Labute approximate surface area is 104 Å². The van der Waals surface area contributed by atoms with Crippen molar-refractivity contribution in [2.24, 2.45) is 5.73 Å². The number of unbranched alkanes of at least 4 members (excludes halogenated alkanes) is 1. The number of benzene rings is 1. The van der Waals surface area contributed by atoms with Crippen molar-refractivity contribution in [2.45, 2.75) is 32.7 Å². The lowest BCUT2D eigenvalue weighted by Crippen LogP contribution is -2.32. The average Bonchev–Trinajstić information content (AvgIpc) is 2.32. The van der Waals surface area contributed by atoms with E-state index in [2.05, 4.69) is 11.8 Å². The van der Waals surface area contributed by atoms with Crippen LogP contribution in [-0.4, -0.2) is 25.0 Å². The van der Waals surface area contributed by atoms with E-state index < -0.39 is 0 Å². The van der Waals surface area contributed by atoms with Crippen LogP contribution in [-0.2, 0) is 0 Å². The molecule has 96 valence electrons. The minimum atomic E-state index is -0.158. The van der Waals surface area contributed by atoms with Gasteiger partial charge in [-0.25, -0.2) is 4.39 Å². The molecule has 3 heteroatoms. The molecule has 1 atom stereocenters. The highest BCUT2D eigenvalue weighted by atomic mass is 19.1. The smallest absolute Gasteiger partial charge is 0.128 e. The number of nitrogens with two attached hydrogens (primary N) is 1. The molecule has 0 bridgehead atoms. The van der Waals surface area contributed by atoms with Crippen LogP contribution in [0.1, 0.15) is 36.9 Å².